The molecular formula is C32H38N6O. The van der Waals surface area contributed by atoms with E-state index >= 15 is 0 Å². The Morgan fingerprint density at radius 3 is 2.36 bits per heavy atom. The molecule has 1 N–H and O–H groups in total. The lowest BCUT2D eigenvalue weighted by atomic mass is 9.99. The van der Waals surface area contributed by atoms with Crippen LogP contribution >= 0.6 is 0 Å². The Kier molecular flexibility index (Phi) is 7.44. The molecule has 0 aliphatic carbocycles. The number of hydrogen-bond donors (Lipinski definition) is 1. The normalized spacial score (nSPS) is 18.0. The number of nitrogens with zero attached hydrogens (tertiary/aromatic N) is 5. The number of nitrogens with one attached hydrogen (secondary N) is 1. The molecule has 4 aromatic rings. The van der Waals surface area contributed by atoms with E-state index in [1.165, 1.54) is 5.56 Å². The SMILES string of the molecule is Cc1ccccc1-c1cc2cnc(NC3CCN(C)CC3)nc2n(C2CCN(Cc3ccccc3)CC2)c1=O. The van der Waals surface area contributed by atoms with Crippen molar-refractivity contribution in [2.75, 3.05) is 38.5 Å². The van der Waals surface area contributed by atoms with Crippen molar-refractivity contribution in [3.8, 4) is 11.1 Å². The van der Waals surface area contributed by atoms with Crippen LogP contribution in [0.15, 0.2) is 71.7 Å². The summed E-state index contributed by atoms with van der Waals surface area (Å²) in [6.45, 7) is 7.05. The lowest BCUT2D eigenvalue weighted by Gasteiger charge is -2.33. The van der Waals surface area contributed by atoms with Gasteiger partial charge in [0.1, 0.15) is 5.65 Å². The van der Waals surface area contributed by atoms with Crippen LogP contribution in [0.2, 0.25) is 0 Å². The molecule has 2 aliphatic heterocycles. The molecule has 2 aromatic heterocycles. The fourth-order valence-electron chi connectivity index (χ4n) is 6.11. The minimum atomic E-state index is 0.0438. The van der Waals surface area contributed by atoms with E-state index < -0.39 is 0 Å². The monoisotopic (exact) mass is 522 g/mol. The number of pyridine rings is 1. The zero-order valence-corrected chi connectivity index (χ0v) is 23.0. The standard InChI is InChI=1S/C32H38N6O/c1-23-8-6-7-11-28(23)29-20-25-21-33-32(34-26-12-16-36(2)17-13-26)35-30(25)38(31(29)39)27-14-18-37(19-15-27)22-24-9-4-3-5-10-24/h3-11,20-21,26-27H,12-19,22H2,1-2H3,(H,33,34,35). The predicted molar refractivity (Wildman–Crippen MR) is 158 cm³/mol. The van der Waals surface area contributed by atoms with Gasteiger partial charge >= 0.3 is 0 Å². The molecule has 2 aliphatic rings. The van der Waals surface area contributed by atoms with Crippen molar-refractivity contribution >= 4 is 17.0 Å². The van der Waals surface area contributed by atoms with E-state index in [4.69, 9.17) is 9.97 Å². The van der Waals surface area contributed by atoms with Crippen molar-refractivity contribution in [3.63, 3.8) is 0 Å². The van der Waals surface area contributed by atoms with Crippen LogP contribution in [0.5, 0.6) is 0 Å². The Morgan fingerprint density at radius 1 is 0.897 bits per heavy atom. The third-order valence-corrected chi connectivity index (χ3v) is 8.43. The largest absolute Gasteiger partial charge is 0.351 e. The molecule has 0 radical (unpaired) electrons. The van der Waals surface area contributed by atoms with E-state index in [9.17, 15) is 4.79 Å². The quantitative estimate of drug-likeness (QED) is 0.380. The number of aromatic nitrogens is 3. The number of likely N-dealkylation sites (tertiary alicyclic amines) is 2. The maximum Gasteiger partial charge on any atom is 0.260 e. The molecule has 0 amide bonds. The van der Waals surface area contributed by atoms with Crippen LogP contribution < -0.4 is 10.9 Å². The van der Waals surface area contributed by atoms with Gasteiger partial charge in [-0.2, -0.15) is 4.98 Å². The number of benzene rings is 2. The van der Waals surface area contributed by atoms with Gasteiger partial charge in [0, 0.05) is 48.9 Å². The first kappa shape index (κ1) is 25.7. The first-order valence-electron chi connectivity index (χ1n) is 14.2. The van der Waals surface area contributed by atoms with E-state index in [0.717, 1.165) is 86.1 Å². The average Bonchev–Trinajstić information content (AvgIpc) is 2.96. The molecule has 0 saturated carbocycles. The van der Waals surface area contributed by atoms with E-state index in [-0.39, 0.29) is 11.6 Å². The minimum Gasteiger partial charge on any atom is -0.351 e. The second-order valence-electron chi connectivity index (χ2n) is 11.2. The zero-order chi connectivity index (χ0) is 26.8. The fourth-order valence-corrected chi connectivity index (χ4v) is 6.11. The van der Waals surface area contributed by atoms with Crippen molar-refractivity contribution in [1.82, 2.24) is 24.3 Å². The highest BCUT2D eigenvalue weighted by Gasteiger charge is 2.26. The van der Waals surface area contributed by atoms with Crippen LogP contribution in [0.3, 0.4) is 0 Å². The Labute approximate surface area is 230 Å². The van der Waals surface area contributed by atoms with E-state index in [1.54, 1.807) is 0 Å². The highest BCUT2D eigenvalue weighted by molar-refractivity contribution is 5.82. The summed E-state index contributed by atoms with van der Waals surface area (Å²) in [4.78, 5) is 28.7. The second kappa shape index (κ2) is 11.3. The molecule has 39 heavy (non-hydrogen) atoms. The van der Waals surface area contributed by atoms with Crippen LogP contribution in [-0.2, 0) is 6.54 Å². The van der Waals surface area contributed by atoms with Crippen molar-refractivity contribution < 1.29 is 0 Å². The Hall–Kier alpha value is -3.55. The Balaban J connectivity index is 1.34. The molecule has 2 fully saturated rings. The summed E-state index contributed by atoms with van der Waals surface area (Å²) in [5.41, 5.74) is 4.92. The van der Waals surface area contributed by atoms with Crippen LogP contribution in [-0.4, -0.2) is 63.6 Å². The smallest absolute Gasteiger partial charge is 0.260 e. The highest BCUT2D eigenvalue weighted by atomic mass is 16.1. The lowest BCUT2D eigenvalue weighted by Crippen LogP contribution is -2.38. The van der Waals surface area contributed by atoms with Crippen molar-refractivity contribution in [3.05, 3.63) is 88.3 Å². The van der Waals surface area contributed by atoms with Gasteiger partial charge in [0.05, 0.1) is 0 Å². The van der Waals surface area contributed by atoms with Crippen molar-refractivity contribution in [2.45, 2.75) is 51.2 Å². The van der Waals surface area contributed by atoms with E-state index in [1.807, 2.05) is 35.0 Å². The molecule has 4 heterocycles. The number of piperidine rings is 2. The summed E-state index contributed by atoms with van der Waals surface area (Å²) in [7, 11) is 2.17. The minimum absolute atomic E-state index is 0.0438. The van der Waals surface area contributed by atoms with E-state index in [0.29, 0.717) is 12.0 Å². The second-order valence-corrected chi connectivity index (χ2v) is 11.2. The third-order valence-electron chi connectivity index (χ3n) is 8.43. The molecule has 0 atom stereocenters. The van der Waals surface area contributed by atoms with Gasteiger partial charge < -0.3 is 10.2 Å². The lowest BCUT2D eigenvalue weighted by molar-refractivity contribution is 0.180. The first-order chi connectivity index (χ1) is 19.0. The van der Waals surface area contributed by atoms with Gasteiger partial charge in [-0.05, 0) is 75.5 Å². The van der Waals surface area contributed by atoms with E-state index in [2.05, 4.69) is 65.5 Å². The van der Waals surface area contributed by atoms with Crippen LogP contribution in [0, 0.1) is 6.92 Å². The highest BCUT2D eigenvalue weighted by Crippen LogP contribution is 2.29. The van der Waals surface area contributed by atoms with Gasteiger partial charge in [0.2, 0.25) is 5.95 Å². The maximum absolute atomic E-state index is 14.2. The summed E-state index contributed by atoms with van der Waals surface area (Å²) in [5, 5.41) is 4.47. The predicted octanol–water partition coefficient (Wildman–Crippen LogP) is 5.11. The molecular weight excluding hydrogens is 484 g/mol. The molecule has 0 unspecified atom stereocenters. The molecule has 0 spiro atoms. The topological polar surface area (TPSA) is 66.3 Å². The fraction of sp³-hybridized carbons (Fsp3) is 0.406. The number of aryl methyl sites for hydroxylation is 1. The van der Waals surface area contributed by atoms with Gasteiger partial charge in [-0.25, -0.2) is 4.98 Å². The molecule has 202 valence electrons. The molecule has 7 nitrogen and oxygen atoms in total. The van der Waals surface area contributed by atoms with Crippen molar-refractivity contribution in [1.29, 1.82) is 0 Å². The molecule has 6 rings (SSSR count). The van der Waals surface area contributed by atoms with Crippen LogP contribution in [0.25, 0.3) is 22.2 Å². The number of anilines is 1. The van der Waals surface area contributed by atoms with Gasteiger partial charge in [-0.15, -0.1) is 0 Å². The molecule has 2 saturated heterocycles. The first-order valence-corrected chi connectivity index (χ1v) is 14.2. The maximum atomic E-state index is 14.2. The van der Waals surface area contributed by atoms with Crippen LogP contribution in [0.1, 0.15) is 42.9 Å². The van der Waals surface area contributed by atoms with Gasteiger partial charge in [0.25, 0.3) is 5.56 Å². The Bertz CT molecular complexity index is 1480. The third kappa shape index (κ3) is 5.60. The summed E-state index contributed by atoms with van der Waals surface area (Å²) < 4.78 is 1.98. The van der Waals surface area contributed by atoms with Gasteiger partial charge in [-0.1, -0.05) is 54.6 Å². The molecule has 0 bridgehead atoms. The Morgan fingerprint density at radius 2 is 1.62 bits per heavy atom. The summed E-state index contributed by atoms with van der Waals surface area (Å²) in [5.74, 6) is 0.621. The summed E-state index contributed by atoms with van der Waals surface area (Å²) in [6, 6.07) is 21.2. The van der Waals surface area contributed by atoms with Crippen molar-refractivity contribution in [2.24, 2.45) is 0 Å². The molecule has 7 heteroatoms. The summed E-state index contributed by atoms with van der Waals surface area (Å²) >= 11 is 0. The zero-order valence-electron chi connectivity index (χ0n) is 23.0. The molecule has 2 aromatic carbocycles. The average molecular weight is 523 g/mol. The number of fused-ring (bicyclic) bond motifs is 1. The summed E-state index contributed by atoms with van der Waals surface area (Å²) in [6.07, 6.45) is 5.86. The number of hydrogen-bond acceptors (Lipinski definition) is 6. The van der Waals surface area contributed by atoms with Gasteiger partial charge in [-0.3, -0.25) is 14.3 Å². The number of rotatable bonds is 6. The van der Waals surface area contributed by atoms with Crippen LogP contribution in [0.4, 0.5) is 5.95 Å². The van der Waals surface area contributed by atoms with Gasteiger partial charge in [0.15, 0.2) is 0 Å².